The zero-order valence-corrected chi connectivity index (χ0v) is 6.90. The van der Waals surface area contributed by atoms with E-state index in [1.54, 1.807) is 6.41 Å². The number of pyridine rings is 1. The molecule has 65 valence electrons. The van der Waals surface area contributed by atoms with Gasteiger partial charge in [-0.15, -0.1) is 0 Å². The maximum absolute atomic E-state index is 9.92. The van der Waals surface area contributed by atoms with Gasteiger partial charge in [0.05, 0.1) is 12.2 Å². The summed E-state index contributed by atoms with van der Waals surface area (Å²) in [6.07, 6.45) is 5.40. The average molecular weight is 174 g/mol. The third-order valence-electron chi connectivity index (χ3n) is 1.76. The monoisotopic (exact) mass is 174 g/mol. The molecule has 1 N–H and O–H groups in total. The van der Waals surface area contributed by atoms with Crippen molar-refractivity contribution in [3.8, 4) is 0 Å². The van der Waals surface area contributed by atoms with E-state index in [1.807, 2.05) is 35.0 Å². The summed E-state index contributed by atoms with van der Waals surface area (Å²) in [5.74, 6) is 0. The Kier molecular flexibility index (Phi) is 1.96. The molecule has 1 radical (unpaired) electrons. The predicted octanol–water partition coefficient (Wildman–Crippen LogP) is 0.491. The van der Waals surface area contributed by atoms with Crippen LogP contribution in [0.15, 0.2) is 30.6 Å². The fourth-order valence-corrected chi connectivity index (χ4v) is 1.20. The number of nitrogens with one attached hydrogen (secondary N) is 1. The Balaban J connectivity index is 2.32. The lowest BCUT2D eigenvalue weighted by Gasteiger charge is -1.88. The minimum Gasteiger partial charge on any atom is -0.342 e. The second-order valence-electron chi connectivity index (χ2n) is 2.65. The first-order valence-corrected chi connectivity index (χ1v) is 3.93. The molecule has 0 saturated heterocycles. The van der Waals surface area contributed by atoms with Gasteiger partial charge in [0.2, 0.25) is 0 Å². The SMILES string of the molecule is O=[C]NCc1cn2ccccc2n1. The number of imidazole rings is 1. The van der Waals surface area contributed by atoms with Gasteiger partial charge in [-0.25, -0.2) is 4.98 Å². The Morgan fingerprint density at radius 1 is 1.54 bits per heavy atom. The molecule has 2 aromatic heterocycles. The first kappa shape index (κ1) is 7.79. The molecule has 2 aromatic rings. The molecular formula is C9H8N3O. The summed E-state index contributed by atoms with van der Waals surface area (Å²) in [4.78, 5) is 14.2. The Hall–Kier alpha value is -1.84. The molecule has 0 fully saturated rings. The average Bonchev–Trinajstić information content (AvgIpc) is 2.57. The van der Waals surface area contributed by atoms with Crippen molar-refractivity contribution < 1.29 is 4.79 Å². The molecule has 0 aromatic carbocycles. The highest BCUT2D eigenvalue weighted by Gasteiger charge is 1.98. The van der Waals surface area contributed by atoms with Gasteiger partial charge in [0.15, 0.2) is 0 Å². The van der Waals surface area contributed by atoms with Crippen LogP contribution in [0.25, 0.3) is 5.65 Å². The number of amides is 1. The van der Waals surface area contributed by atoms with Gasteiger partial charge in [-0.05, 0) is 12.1 Å². The number of rotatable bonds is 3. The number of hydrogen-bond acceptors (Lipinski definition) is 2. The maximum Gasteiger partial charge on any atom is 0.309 e. The molecule has 4 nitrogen and oxygen atoms in total. The van der Waals surface area contributed by atoms with E-state index in [2.05, 4.69) is 10.3 Å². The fraction of sp³-hybridized carbons (Fsp3) is 0.111. The highest BCUT2D eigenvalue weighted by molar-refractivity contribution is 5.47. The van der Waals surface area contributed by atoms with Crippen LogP contribution in [0.1, 0.15) is 5.69 Å². The van der Waals surface area contributed by atoms with Crippen LogP contribution in [0.4, 0.5) is 0 Å². The number of aromatic nitrogens is 2. The summed E-state index contributed by atoms with van der Waals surface area (Å²) >= 11 is 0. The van der Waals surface area contributed by atoms with Crippen LogP contribution >= 0.6 is 0 Å². The van der Waals surface area contributed by atoms with Crippen LogP contribution in [0.5, 0.6) is 0 Å². The molecule has 0 bridgehead atoms. The van der Waals surface area contributed by atoms with Crippen molar-refractivity contribution in [2.45, 2.75) is 6.54 Å². The summed E-state index contributed by atoms with van der Waals surface area (Å²) in [5, 5.41) is 2.44. The molecule has 1 amide bonds. The summed E-state index contributed by atoms with van der Waals surface area (Å²) in [7, 11) is 0. The van der Waals surface area contributed by atoms with Crippen LogP contribution in [0.3, 0.4) is 0 Å². The quantitative estimate of drug-likeness (QED) is 0.688. The zero-order valence-electron chi connectivity index (χ0n) is 6.90. The van der Waals surface area contributed by atoms with Crippen molar-refractivity contribution in [2.24, 2.45) is 0 Å². The molecule has 13 heavy (non-hydrogen) atoms. The van der Waals surface area contributed by atoms with Gasteiger partial charge in [0.25, 0.3) is 0 Å². The summed E-state index contributed by atoms with van der Waals surface area (Å²) in [6, 6.07) is 5.76. The number of hydrogen-bond donors (Lipinski definition) is 1. The highest BCUT2D eigenvalue weighted by atomic mass is 16.1. The molecular weight excluding hydrogens is 166 g/mol. The van der Waals surface area contributed by atoms with Gasteiger partial charge in [-0.1, -0.05) is 6.07 Å². The van der Waals surface area contributed by atoms with Gasteiger partial charge in [0.1, 0.15) is 5.65 Å². The Bertz CT molecular complexity index is 388. The smallest absolute Gasteiger partial charge is 0.309 e. The predicted molar refractivity (Wildman–Crippen MR) is 47.7 cm³/mol. The number of fused-ring (bicyclic) bond motifs is 1. The highest BCUT2D eigenvalue weighted by Crippen LogP contribution is 2.03. The third kappa shape index (κ3) is 1.51. The van der Waals surface area contributed by atoms with Crippen molar-refractivity contribution in [3.63, 3.8) is 0 Å². The van der Waals surface area contributed by atoms with E-state index in [1.165, 1.54) is 0 Å². The number of nitrogens with zero attached hydrogens (tertiary/aromatic N) is 2. The van der Waals surface area contributed by atoms with Crippen LogP contribution in [-0.2, 0) is 11.3 Å². The number of carbonyl (C=O) groups excluding carboxylic acids is 1. The second-order valence-corrected chi connectivity index (χ2v) is 2.65. The van der Waals surface area contributed by atoms with Gasteiger partial charge in [-0.2, -0.15) is 0 Å². The van der Waals surface area contributed by atoms with Gasteiger partial charge in [0, 0.05) is 12.4 Å². The molecule has 0 aliphatic carbocycles. The van der Waals surface area contributed by atoms with Gasteiger partial charge < -0.3 is 9.72 Å². The third-order valence-corrected chi connectivity index (χ3v) is 1.76. The molecule has 4 heteroatoms. The Morgan fingerprint density at radius 2 is 2.46 bits per heavy atom. The topological polar surface area (TPSA) is 46.4 Å². The largest absolute Gasteiger partial charge is 0.342 e. The van der Waals surface area contributed by atoms with Crippen molar-refractivity contribution in [3.05, 3.63) is 36.3 Å². The van der Waals surface area contributed by atoms with Crippen molar-refractivity contribution >= 4 is 12.1 Å². The van der Waals surface area contributed by atoms with E-state index >= 15 is 0 Å². The van der Waals surface area contributed by atoms with Crippen LogP contribution in [0.2, 0.25) is 0 Å². The van der Waals surface area contributed by atoms with E-state index < -0.39 is 0 Å². The lowest BCUT2D eigenvalue weighted by atomic mass is 10.5. The minimum absolute atomic E-state index is 0.422. The fourth-order valence-electron chi connectivity index (χ4n) is 1.20. The Labute approximate surface area is 75.2 Å². The summed E-state index contributed by atoms with van der Waals surface area (Å²) < 4.78 is 1.90. The minimum atomic E-state index is 0.422. The normalized spacial score (nSPS) is 10.2. The molecule has 0 aliphatic rings. The lowest BCUT2D eigenvalue weighted by Crippen LogP contribution is -2.09. The van der Waals surface area contributed by atoms with E-state index in [4.69, 9.17) is 0 Å². The standard InChI is InChI=1S/C9H8N3O/c13-7-10-5-8-6-12-4-2-1-3-9(12)11-8/h1-4,6H,5H2,(H,10,13). The van der Waals surface area contributed by atoms with E-state index in [-0.39, 0.29) is 0 Å². The first-order valence-electron chi connectivity index (χ1n) is 3.93. The molecule has 0 saturated carbocycles. The van der Waals surface area contributed by atoms with E-state index in [0.717, 1.165) is 11.3 Å². The van der Waals surface area contributed by atoms with Crippen molar-refractivity contribution in [1.29, 1.82) is 0 Å². The maximum atomic E-state index is 9.92. The van der Waals surface area contributed by atoms with E-state index in [0.29, 0.717) is 6.54 Å². The summed E-state index contributed by atoms with van der Waals surface area (Å²) in [5.41, 5.74) is 1.71. The van der Waals surface area contributed by atoms with Gasteiger partial charge >= 0.3 is 6.41 Å². The summed E-state index contributed by atoms with van der Waals surface area (Å²) in [6.45, 7) is 0.422. The van der Waals surface area contributed by atoms with E-state index in [9.17, 15) is 4.79 Å². The van der Waals surface area contributed by atoms with Crippen molar-refractivity contribution in [1.82, 2.24) is 14.7 Å². The van der Waals surface area contributed by atoms with Crippen LogP contribution < -0.4 is 5.32 Å². The zero-order chi connectivity index (χ0) is 9.10. The van der Waals surface area contributed by atoms with Crippen LogP contribution in [-0.4, -0.2) is 15.8 Å². The van der Waals surface area contributed by atoms with Gasteiger partial charge in [-0.3, -0.25) is 4.79 Å². The molecule has 0 unspecified atom stereocenters. The molecule has 2 rings (SSSR count). The molecule has 2 heterocycles. The second kappa shape index (κ2) is 3.26. The molecule has 0 spiro atoms. The van der Waals surface area contributed by atoms with Crippen LogP contribution in [0, 0.1) is 0 Å². The van der Waals surface area contributed by atoms with Crippen molar-refractivity contribution in [2.75, 3.05) is 0 Å². The molecule has 0 aliphatic heterocycles. The Morgan fingerprint density at radius 3 is 3.23 bits per heavy atom. The first-order chi connectivity index (χ1) is 6.40. The lowest BCUT2D eigenvalue weighted by molar-refractivity contribution is 0.541. The molecule has 0 atom stereocenters.